The van der Waals surface area contributed by atoms with E-state index in [0.717, 1.165) is 28.3 Å². The molecule has 6 heteroatoms. The van der Waals surface area contributed by atoms with Crippen molar-refractivity contribution in [1.82, 2.24) is 0 Å². The Labute approximate surface area is 191 Å². The number of anilines is 1. The third-order valence-electron chi connectivity index (χ3n) is 4.67. The molecule has 0 saturated carbocycles. The zero-order valence-corrected chi connectivity index (χ0v) is 18.6. The summed E-state index contributed by atoms with van der Waals surface area (Å²) in [5.41, 5.74) is 2.75. The highest BCUT2D eigenvalue weighted by molar-refractivity contribution is 8.27. The number of carbonyl (C=O) groups excluding carboxylic acids is 1. The standard InChI is InChI=1S/C25H21NO3S2/c1-18-8-5-6-13-22(18)29-15-14-28-21-12-7-9-19(16-21)17-23-24(27)26(25(30)31-23)20-10-3-2-4-11-20/h2-13,16-17H,14-15H2,1H3. The van der Waals surface area contributed by atoms with E-state index in [1.54, 1.807) is 4.90 Å². The van der Waals surface area contributed by atoms with Crippen molar-refractivity contribution in [3.63, 3.8) is 0 Å². The van der Waals surface area contributed by atoms with E-state index in [-0.39, 0.29) is 5.91 Å². The van der Waals surface area contributed by atoms with Gasteiger partial charge in [-0.1, -0.05) is 72.5 Å². The highest BCUT2D eigenvalue weighted by Crippen LogP contribution is 2.36. The number of thiocarbonyl (C=S) groups is 1. The number of para-hydroxylation sites is 2. The van der Waals surface area contributed by atoms with Crippen LogP contribution in [0.1, 0.15) is 11.1 Å². The minimum atomic E-state index is -0.112. The average Bonchev–Trinajstić information content (AvgIpc) is 3.06. The van der Waals surface area contributed by atoms with Crippen LogP contribution in [0.4, 0.5) is 5.69 Å². The van der Waals surface area contributed by atoms with Crippen LogP contribution in [0, 0.1) is 6.92 Å². The lowest BCUT2D eigenvalue weighted by molar-refractivity contribution is -0.113. The van der Waals surface area contributed by atoms with Crippen LogP contribution in [0.25, 0.3) is 6.08 Å². The quantitative estimate of drug-likeness (QED) is 0.258. The van der Waals surface area contributed by atoms with Crippen LogP contribution in [0.2, 0.25) is 0 Å². The molecule has 3 aromatic rings. The second kappa shape index (κ2) is 9.81. The molecule has 1 saturated heterocycles. The van der Waals surface area contributed by atoms with E-state index in [4.69, 9.17) is 21.7 Å². The van der Waals surface area contributed by atoms with Gasteiger partial charge >= 0.3 is 0 Å². The van der Waals surface area contributed by atoms with E-state index in [1.807, 2.05) is 91.9 Å². The zero-order chi connectivity index (χ0) is 21.6. The summed E-state index contributed by atoms with van der Waals surface area (Å²) in [5, 5.41) is 0. The highest BCUT2D eigenvalue weighted by Gasteiger charge is 2.33. The molecule has 31 heavy (non-hydrogen) atoms. The molecule has 0 unspecified atom stereocenters. The molecule has 0 aromatic heterocycles. The van der Waals surface area contributed by atoms with E-state index in [9.17, 15) is 4.79 Å². The Morgan fingerprint density at radius 3 is 2.48 bits per heavy atom. The molecule has 1 amide bonds. The first kappa shape index (κ1) is 21.2. The fourth-order valence-corrected chi connectivity index (χ4v) is 4.44. The molecule has 0 atom stereocenters. The van der Waals surface area contributed by atoms with Crippen LogP contribution in [0.15, 0.2) is 83.8 Å². The van der Waals surface area contributed by atoms with Crippen LogP contribution in [-0.4, -0.2) is 23.4 Å². The van der Waals surface area contributed by atoms with Crippen LogP contribution < -0.4 is 14.4 Å². The number of aryl methyl sites for hydroxylation is 1. The molecule has 0 radical (unpaired) electrons. The van der Waals surface area contributed by atoms with Gasteiger partial charge in [0.05, 0.1) is 10.6 Å². The van der Waals surface area contributed by atoms with Crippen molar-refractivity contribution in [2.24, 2.45) is 0 Å². The summed E-state index contributed by atoms with van der Waals surface area (Å²) in [6.45, 7) is 2.89. The maximum atomic E-state index is 12.9. The van der Waals surface area contributed by atoms with E-state index < -0.39 is 0 Å². The lowest BCUT2D eigenvalue weighted by Gasteiger charge is -2.13. The van der Waals surface area contributed by atoms with Gasteiger partial charge < -0.3 is 9.47 Å². The van der Waals surface area contributed by atoms with Crippen molar-refractivity contribution in [1.29, 1.82) is 0 Å². The van der Waals surface area contributed by atoms with Crippen LogP contribution in [-0.2, 0) is 4.79 Å². The molecule has 1 aliphatic heterocycles. The van der Waals surface area contributed by atoms with Gasteiger partial charge in [0, 0.05) is 0 Å². The Bertz CT molecular complexity index is 1130. The van der Waals surface area contributed by atoms with Crippen LogP contribution >= 0.6 is 24.0 Å². The third-order valence-corrected chi connectivity index (χ3v) is 5.97. The smallest absolute Gasteiger partial charge is 0.270 e. The molecular weight excluding hydrogens is 426 g/mol. The first-order valence-electron chi connectivity index (χ1n) is 9.86. The zero-order valence-electron chi connectivity index (χ0n) is 17.0. The fraction of sp³-hybridized carbons (Fsp3) is 0.120. The SMILES string of the molecule is Cc1ccccc1OCCOc1cccc(C=C2SC(=S)N(c3ccccc3)C2=O)c1. The predicted molar refractivity (Wildman–Crippen MR) is 131 cm³/mol. The summed E-state index contributed by atoms with van der Waals surface area (Å²) in [7, 11) is 0. The van der Waals surface area contributed by atoms with Gasteiger partial charge in [0.25, 0.3) is 5.91 Å². The maximum Gasteiger partial charge on any atom is 0.270 e. The summed E-state index contributed by atoms with van der Waals surface area (Å²) in [4.78, 5) is 15.0. The van der Waals surface area contributed by atoms with Crippen molar-refractivity contribution in [2.75, 3.05) is 18.1 Å². The Morgan fingerprint density at radius 2 is 1.68 bits per heavy atom. The number of amides is 1. The Hall–Kier alpha value is -3.09. The van der Waals surface area contributed by atoms with Crippen molar-refractivity contribution in [3.05, 3.63) is 94.9 Å². The summed E-state index contributed by atoms with van der Waals surface area (Å²) < 4.78 is 12.1. The molecule has 4 rings (SSSR count). The van der Waals surface area contributed by atoms with Gasteiger partial charge in [-0.05, 0) is 54.5 Å². The molecule has 0 bridgehead atoms. The number of rotatable bonds is 7. The molecular formula is C25H21NO3S2. The van der Waals surface area contributed by atoms with Gasteiger partial charge in [-0.3, -0.25) is 9.69 Å². The molecule has 4 nitrogen and oxygen atoms in total. The Balaban J connectivity index is 1.39. The number of ether oxygens (including phenoxy) is 2. The summed E-state index contributed by atoms with van der Waals surface area (Å²) in [6.07, 6.45) is 1.85. The van der Waals surface area contributed by atoms with Crippen molar-refractivity contribution >= 4 is 46.0 Å². The van der Waals surface area contributed by atoms with Crippen molar-refractivity contribution in [2.45, 2.75) is 6.92 Å². The largest absolute Gasteiger partial charge is 0.490 e. The topological polar surface area (TPSA) is 38.8 Å². The van der Waals surface area contributed by atoms with Crippen LogP contribution in [0.3, 0.4) is 0 Å². The first-order valence-corrected chi connectivity index (χ1v) is 11.1. The summed E-state index contributed by atoms with van der Waals surface area (Å²) >= 11 is 6.73. The molecule has 3 aromatic carbocycles. The Kier molecular flexibility index (Phi) is 6.70. The van der Waals surface area contributed by atoms with Gasteiger partial charge in [0.1, 0.15) is 24.7 Å². The van der Waals surface area contributed by atoms with Gasteiger partial charge in [0.2, 0.25) is 0 Å². The van der Waals surface area contributed by atoms with Gasteiger partial charge in [0.15, 0.2) is 4.32 Å². The second-order valence-corrected chi connectivity index (χ2v) is 8.56. The first-order chi connectivity index (χ1) is 15.1. The summed E-state index contributed by atoms with van der Waals surface area (Å²) in [6, 6.07) is 25.0. The van der Waals surface area contributed by atoms with E-state index in [1.165, 1.54) is 11.8 Å². The number of thioether (sulfide) groups is 1. The number of benzene rings is 3. The van der Waals surface area contributed by atoms with Gasteiger partial charge in [-0.2, -0.15) is 0 Å². The third kappa shape index (κ3) is 5.16. The van der Waals surface area contributed by atoms with E-state index >= 15 is 0 Å². The number of nitrogens with zero attached hydrogens (tertiary/aromatic N) is 1. The van der Waals surface area contributed by atoms with Gasteiger partial charge in [-0.15, -0.1) is 0 Å². The molecule has 156 valence electrons. The maximum absolute atomic E-state index is 12.9. The normalized spacial score (nSPS) is 14.9. The molecule has 1 fully saturated rings. The second-order valence-electron chi connectivity index (χ2n) is 6.89. The molecule has 0 aliphatic carbocycles. The highest BCUT2D eigenvalue weighted by atomic mass is 32.2. The molecule has 0 spiro atoms. The van der Waals surface area contributed by atoms with Crippen molar-refractivity contribution < 1.29 is 14.3 Å². The molecule has 1 aliphatic rings. The molecule has 0 N–H and O–H groups in total. The van der Waals surface area contributed by atoms with E-state index in [0.29, 0.717) is 22.4 Å². The minimum absolute atomic E-state index is 0.112. The number of hydrogen-bond acceptors (Lipinski definition) is 5. The summed E-state index contributed by atoms with van der Waals surface area (Å²) in [5.74, 6) is 1.47. The lowest BCUT2D eigenvalue weighted by Crippen LogP contribution is -2.27. The van der Waals surface area contributed by atoms with Crippen molar-refractivity contribution in [3.8, 4) is 11.5 Å². The Morgan fingerprint density at radius 1 is 0.935 bits per heavy atom. The molecule has 1 heterocycles. The fourth-order valence-electron chi connectivity index (χ4n) is 3.14. The monoisotopic (exact) mass is 447 g/mol. The lowest BCUT2D eigenvalue weighted by atomic mass is 10.2. The predicted octanol–water partition coefficient (Wildman–Crippen LogP) is 5.86. The average molecular weight is 448 g/mol. The van der Waals surface area contributed by atoms with E-state index in [2.05, 4.69) is 0 Å². The minimum Gasteiger partial charge on any atom is -0.490 e. The number of carbonyl (C=O) groups is 1. The number of hydrogen-bond donors (Lipinski definition) is 0. The van der Waals surface area contributed by atoms with Gasteiger partial charge in [-0.25, -0.2) is 0 Å². The van der Waals surface area contributed by atoms with Crippen LogP contribution in [0.5, 0.6) is 11.5 Å².